The van der Waals surface area contributed by atoms with Gasteiger partial charge in [0.1, 0.15) is 5.82 Å². The summed E-state index contributed by atoms with van der Waals surface area (Å²) in [4.78, 5) is 12.2. The molecule has 0 spiro atoms. The maximum absolute atomic E-state index is 12.8. The number of H-pyrrole nitrogens is 1. The lowest BCUT2D eigenvalue weighted by Crippen LogP contribution is -2.12. The molecular weight excluding hydrogens is 372 g/mol. The molecule has 0 radical (unpaired) electrons. The Hall–Kier alpha value is -1.96. The van der Waals surface area contributed by atoms with Crippen LogP contribution in [0.3, 0.4) is 0 Å². The molecule has 0 aliphatic rings. The highest BCUT2D eigenvalue weighted by Crippen LogP contribution is 2.20. The second kappa shape index (κ2) is 5.20. The fourth-order valence-corrected chi connectivity index (χ4v) is 2.37. The fraction of sp³-hybridized carbons (Fsp3) is 0. The maximum atomic E-state index is 12.8. The minimum absolute atomic E-state index is 0.322. The monoisotopic (exact) mass is 381 g/mol. The molecule has 0 atom stereocenters. The van der Waals surface area contributed by atoms with E-state index in [9.17, 15) is 9.18 Å². The van der Waals surface area contributed by atoms with Crippen molar-refractivity contribution in [1.29, 1.82) is 0 Å². The zero-order valence-electron chi connectivity index (χ0n) is 10.2. The predicted molar refractivity (Wildman–Crippen MR) is 83.2 cm³/mol. The van der Waals surface area contributed by atoms with E-state index in [-0.39, 0.29) is 11.7 Å². The van der Waals surface area contributed by atoms with Gasteiger partial charge in [0.25, 0.3) is 5.91 Å². The highest BCUT2D eigenvalue weighted by atomic mass is 127. The summed E-state index contributed by atoms with van der Waals surface area (Å²) in [5.41, 5.74) is 1.65. The molecule has 100 valence electrons. The van der Waals surface area contributed by atoms with Crippen LogP contribution >= 0.6 is 22.6 Å². The first-order valence-corrected chi connectivity index (χ1v) is 6.92. The lowest BCUT2D eigenvalue weighted by atomic mass is 10.2. The zero-order chi connectivity index (χ0) is 14.1. The molecular formula is C14H9FIN3O. The average molecular weight is 381 g/mol. The molecule has 2 N–H and O–H groups in total. The topological polar surface area (TPSA) is 57.8 Å². The molecule has 0 saturated heterocycles. The largest absolute Gasteiger partial charge is 0.321 e. The van der Waals surface area contributed by atoms with Crippen molar-refractivity contribution in [1.82, 2.24) is 10.2 Å². The highest BCUT2D eigenvalue weighted by molar-refractivity contribution is 14.1. The van der Waals surface area contributed by atoms with Crippen LogP contribution in [0.15, 0.2) is 42.5 Å². The molecule has 20 heavy (non-hydrogen) atoms. The molecule has 1 amide bonds. The molecule has 1 aromatic heterocycles. The number of fused-ring (bicyclic) bond motifs is 1. The van der Waals surface area contributed by atoms with Crippen LogP contribution in [-0.2, 0) is 0 Å². The van der Waals surface area contributed by atoms with Gasteiger partial charge in [0.2, 0.25) is 0 Å². The Bertz CT molecular complexity index is 783. The van der Waals surface area contributed by atoms with Crippen molar-refractivity contribution in [2.75, 3.05) is 5.32 Å². The Labute approximate surface area is 127 Å². The summed E-state index contributed by atoms with van der Waals surface area (Å²) in [6.45, 7) is 0. The Kier molecular flexibility index (Phi) is 3.39. The standard InChI is InChI=1S/C14H9FIN3O/c15-8-1-4-10(5-2-8)17-14(20)13-11-7-9(16)3-6-12(11)18-19-13/h1-7H,(H,17,20)(H,18,19). The average Bonchev–Trinajstić information content (AvgIpc) is 2.84. The SMILES string of the molecule is O=C(Nc1ccc(F)cc1)c1n[nH]c2ccc(I)cc12. The zero-order valence-corrected chi connectivity index (χ0v) is 12.3. The van der Waals surface area contributed by atoms with E-state index in [1.165, 1.54) is 24.3 Å². The molecule has 0 bridgehead atoms. The van der Waals surface area contributed by atoms with E-state index < -0.39 is 0 Å². The normalized spacial score (nSPS) is 10.7. The van der Waals surface area contributed by atoms with Crippen molar-refractivity contribution < 1.29 is 9.18 Å². The molecule has 3 rings (SSSR count). The molecule has 3 aromatic rings. The summed E-state index contributed by atoms with van der Waals surface area (Å²) in [5, 5.41) is 10.3. The predicted octanol–water partition coefficient (Wildman–Crippen LogP) is 3.56. The van der Waals surface area contributed by atoms with Crippen LogP contribution in [0.1, 0.15) is 10.5 Å². The van der Waals surface area contributed by atoms with E-state index in [0.717, 1.165) is 14.5 Å². The van der Waals surface area contributed by atoms with Gasteiger partial charge < -0.3 is 5.32 Å². The van der Waals surface area contributed by atoms with Crippen molar-refractivity contribution in [2.45, 2.75) is 0 Å². The molecule has 6 heteroatoms. The van der Waals surface area contributed by atoms with Gasteiger partial charge in [-0.2, -0.15) is 5.10 Å². The number of nitrogens with zero attached hydrogens (tertiary/aromatic N) is 1. The minimum atomic E-state index is -0.345. The Morgan fingerprint density at radius 1 is 1.20 bits per heavy atom. The second-order valence-electron chi connectivity index (χ2n) is 4.22. The van der Waals surface area contributed by atoms with E-state index in [4.69, 9.17) is 0 Å². The van der Waals surface area contributed by atoms with Gasteiger partial charge >= 0.3 is 0 Å². The third kappa shape index (κ3) is 2.51. The number of benzene rings is 2. The van der Waals surface area contributed by atoms with Crippen molar-refractivity contribution in [3.8, 4) is 0 Å². The van der Waals surface area contributed by atoms with E-state index in [1.807, 2.05) is 18.2 Å². The first-order valence-electron chi connectivity index (χ1n) is 5.84. The highest BCUT2D eigenvalue weighted by Gasteiger charge is 2.14. The summed E-state index contributed by atoms with van der Waals surface area (Å²) in [7, 11) is 0. The third-order valence-electron chi connectivity index (χ3n) is 2.84. The van der Waals surface area contributed by atoms with Gasteiger partial charge in [-0.15, -0.1) is 0 Å². The number of rotatable bonds is 2. The summed E-state index contributed by atoms with van der Waals surface area (Å²) in [6, 6.07) is 11.3. The Balaban J connectivity index is 1.92. The van der Waals surface area contributed by atoms with Gasteiger partial charge in [-0.1, -0.05) is 0 Å². The number of aromatic nitrogens is 2. The van der Waals surface area contributed by atoms with E-state index >= 15 is 0 Å². The van der Waals surface area contributed by atoms with Crippen LogP contribution in [0.4, 0.5) is 10.1 Å². The minimum Gasteiger partial charge on any atom is -0.321 e. The smallest absolute Gasteiger partial charge is 0.276 e. The summed E-state index contributed by atoms with van der Waals surface area (Å²) in [5.74, 6) is -0.673. The van der Waals surface area contributed by atoms with Crippen LogP contribution in [0.25, 0.3) is 10.9 Å². The van der Waals surface area contributed by atoms with Crippen LogP contribution in [0, 0.1) is 9.39 Å². The number of carbonyl (C=O) groups is 1. The number of hydrogen-bond donors (Lipinski definition) is 2. The van der Waals surface area contributed by atoms with E-state index in [2.05, 4.69) is 38.1 Å². The first kappa shape index (κ1) is 13.0. The van der Waals surface area contributed by atoms with Crippen molar-refractivity contribution in [3.63, 3.8) is 0 Å². The van der Waals surface area contributed by atoms with Gasteiger partial charge in [-0.25, -0.2) is 4.39 Å². The molecule has 4 nitrogen and oxygen atoms in total. The van der Waals surface area contributed by atoms with Gasteiger partial charge in [0, 0.05) is 14.6 Å². The molecule has 0 aliphatic carbocycles. The number of carbonyl (C=O) groups excluding carboxylic acids is 1. The van der Waals surface area contributed by atoms with Crippen LogP contribution in [0.5, 0.6) is 0 Å². The van der Waals surface area contributed by atoms with Gasteiger partial charge in [0.05, 0.1) is 5.52 Å². The molecule has 0 saturated carbocycles. The van der Waals surface area contributed by atoms with Crippen molar-refractivity contribution in [2.24, 2.45) is 0 Å². The fourth-order valence-electron chi connectivity index (χ4n) is 1.88. The summed E-state index contributed by atoms with van der Waals surface area (Å²) < 4.78 is 13.8. The third-order valence-corrected chi connectivity index (χ3v) is 3.51. The van der Waals surface area contributed by atoms with Gasteiger partial charge in [0.15, 0.2) is 5.69 Å². The molecule has 0 aliphatic heterocycles. The molecule has 0 fully saturated rings. The quantitative estimate of drug-likeness (QED) is 0.667. The summed E-state index contributed by atoms with van der Waals surface area (Å²) >= 11 is 2.18. The lowest BCUT2D eigenvalue weighted by Gasteiger charge is -2.03. The van der Waals surface area contributed by atoms with Crippen LogP contribution in [-0.4, -0.2) is 16.1 Å². The number of aromatic amines is 1. The van der Waals surface area contributed by atoms with Crippen LogP contribution in [0.2, 0.25) is 0 Å². The van der Waals surface area contributed by atoms with Crippen molar-refractivity contribution in [3.05, 3.63) is 57.5 Å². The number of amides is 1. The lowest BCUT2D eigenvalue weighted by molar-refractivity contribution is 0.102. The Morgan fingerprint density at radius 2 is 1.95 bits per heavy atom. The number of anilines is 1. The molecule has 2 aromatic carbocycles. The summed E-state index contributed by atoms with van der Waals surface area (Å²) in [6.07, 6.45) is 0. The Morgan fingerprint density at radius 3 is 2.70 bits per heavy atom. The number of hydrogen-bond acceptors (Lipinski definition) is 2. The van der Waals surface area contributed by atoms with E-state index in [1.54, 1.807) is 0 Å². The van der Waals surface area contributed by atoms with Gasteiger partial charge in [-0.3, -0.25) is 9.89 Å². The van der Waals surface area contributed by atoms with Crippen LogP contribution < -0.4 is 5.32 Å². The second-order valence-corrected chi connectivity index (χ2v) is 5.47. The number of halogens is 2. The van der Waals surface area contributed by atoms with Crippen molar-refractivity contribution >= 4 is 45.1 Å². The number of nitrogens with one attached hydrogen (secondary N) is 2. The molecule has 0 unspecified atom stereocenters. The first-order chi connectivity index (χ1) is 9.63. The van der Waals surface area contributed by atoms with E-state index in [0.29, 0.717) is 11.4 Å². The van der Waals surface area contributed by atoms with Gasteiger partial charge in [-0.05, 0) is 65.1 Å². The molecule has 1 heterocycles. The maximum Gasteiger partial charge on any atom is 0.276 e.